The molecule has 0 atom stereocenters. The molecule has 0 aliphatic heterocycles. The van der Waals surface area contributed by atoms with Crippen molar-refractivity contribution >= 4 is 11.6 Å². The Kier molecular flexibility index (Phi) is 4.90. The third-order valence-electron chi connectivity index (χ3n) is 2.49. The zero-order valence-electron chi connectivity index (χ0n) is 10.9. The zero-order chi connectivity index (χ0) is 13.7. The van der Waals surface area contributed by atoms with Crippen molar-refractivity contribution in [3.05, 3.63) is 35.1 Å². The maximum Gasteiger partial charge on any atom is 0.200 e. The Hall–Kier alpha value is -1.43. The summed E-state index contributed by atoms with van der Waals surface area (Å²) < 4.78 is 11.0. The van der Waals surface area contributed by atoms with Gasteiger partial charge in [-0.25, -0.2) is 0 Å². The minimum atomic E-state index is -0.446. The van der Waals surface area contributed by atoms with Crippen LogP contribution in [-0.2, 0) is 9.47 Å². The summed E-state index contributed by atoms with van der Waals surface area (Å²) in [6.07, 6.45) is 1.23. The summed E-state index contributed by atoms with van der Waals surface area (Å²) in [6.45, 7) is 4.95. The first kappa shape index (κ1) is 14.0. The number of hydrogen-bond donors (Lipinski definition) is 1. The first-order valence-electron chi connectivity index (χ1n) is 6.15. The summed E-state index contributed by atoms with van der Waals surface area (Å²) in [6, 6.07) is 5.40. The lowest BCUT2D eigenvalue weighted by atomic mass is 10.2. The Morgan fingerprint density at radius 2 is 2.05 bits per heavy atom. The lowest BCUT2D eigenvalue weighted by Gasteiger charge is -2.14. The van der Waals surface area contributed by atoms with E-state index >= 15 is 0 Å². The van der Waals surface area contributed by atoms with Crippen LogP contribution in [-0.4, -0.2) is 28.4 Å². The molecule has 0 aliphatic carbocycles. The summed E-state index contributed by atoms with van der Waals surface area (Å²) in [5, 5.41) is 7.66. The minimum absolute atomic E-state index is 0.446. The number of H-pyrrole nitrogens is 1. The van der Waals surface area contributed by atoms with E-state index in [0.29, 0.717) is 29.6 Å². The minimum Gasteiger partial charge on any atom is -0.347 e. The molecule has 0 saturated heterocycles. The van der Waals surface area contributed by atoms with Gasteiger partial charge in [0.25, 0.3) is 0 Å². The average Bonchev–Trinajstić information content (AvgIpc) is 2.88. The highest BCUT2D eigenvalue weighted by atomic mass is 35.5. The summed E-state index contributed by atoms with van der Waals surface area (Å²) in [4.78, 5) is 4.22. The SMILES string of the molecule is CCOC(OCC)c1cc(-c2ncccc2Cl)n[nH]1. The quantitative estimate of drug-likeness (QED) is 0.826. The number of nitrogens with zero attached hydrogens (tertiary/aromatic N) is 2. The van der Waals surface area contributed by atoms with Crippen LogP contribution in [0.2, 0.25) is 5.02 Å². The van der Waals surface area contributed by atoms with Crippen LogP contribution in [0.15, 0.2) is 24.4 Å². The van der Waals surface area contributed by atoms with Crippen molar-refractivity contribution < 1.29 is 9.47 Å². The molecule has 19 heavy (non-hydrogen) atoms. The van der Waals surface area contributed by atoms with E-state index in [-0.39, 0.29) is 0 Å². The molecule has 0 amide bonds. The molecule has 0 saturated carbocycles. The second-order valence-corrected chi connectivity index (χ2v) is 4.19. The van der Waals surface area contributed by atoms with Gasteiger partial charge in [0.15, 0.2) is 6.29 Å². The van der Waals surface area contributed by atoms with Gasteiger partial charge >= 0.3 is 0 Å². The monoisotopic (exact) mass is 281 g/mol. The van der Waals surface area contributed by atoms with Crippen LogP contribution in [0, 0.1) is 0 Å². The predicted molar refractivity (Wildman–Crippen MR) is 72.8 cm³/mol. The number of nitrogens with one attached hydrogen (secondary N) is 1. The molecule has 0 bridgehead atoms. The van der Waals surface area contributed by atoms with Gasteiger partial charge in [0.2, 0.25) is 0 Å². The topological polar surface area (TPSA) is 60.0 Å². The standard InChI is InChI=1S/C13H16ClN3O2/c1-3-18-13(19-4-2)11-8-10(16-17-11)12-9(14)6-5-7-15-12/h5-8,13H,3-4H2,1-2H3,(H,16,17). The number of halogens is 1. The van der Waals surface area contributed by atoms with Crippen molar-refractivity contribution in [3.63, 3.8) is 0 Å². The highest BCUT2D eigenvalue weighted by Gasteiger charge is 2.16. The maximum atomic E-state index is 6.09. The second kappa shape index (κ2) is 6.65. The van der Waals surface area contributed by atoms with Gasteiger partial charge in [0.1, 0.15) is 11.4 Å². The molecule has 2 aromatic heterocycles. The molecule has 6 heteroatoms. The third-order valence-corrected chi connectivity index (χ3v) is 2.79. The van der Waals surface area contributed by atoms with Crippen LogP contribution in [0.1, 0.15) is 25.8 Å². The van der Waals surface area contributed by atoms with Crippen molar-refractivity contribution in [2.24, 2.45) is 0 Å². The van der Waals surface area contributed by atoms with Crippen molar-refractivity contribution in [2.45, 2.75) is 20.1 Å². The largest absolute Gasteiger partial charge is 0.347 e. The van der Waals surface area contributed by atoms with Gasteiger partial charge in [-0.15, -0.1) is 0 Å². The predicted octanol–water partition coefficient (Wildman–Crippen LogP) is 3.20. The number of pyridine rings is 1. The zero-order valence-corrected chi connectivity index (χ0v) is 11.6. The Morgan fingerprint density at radius 1 is 1.32 bits per heavy atom. The van der Waals surface area contributed by atoms with Crippen LogP contribution < -0.4 is 0 Å². The Balaban J connectivity index is 2.25. The van der Waals surface area contributed by atoms with Crippen molar-refractivity contribution in [2.75, 3.05) is 13.2 Å². The molecule has 0 fully saturated rings. The molecular formula is C13H16ClN3O2. The van der Waals surface area contributed by atoms with Gasteiger partial charge in [-0.3, -0.25) is 10.1 Å². The van der Waals surface area contributed by atoms with Gasteiger partial charge in [0, 0.05) is 19.4 Å². The van der Waals surface area contributed by atoms with Gasteiger partial charge in [-0.05, 0) is 32.0 Å². The van der Waals surface area contributed by atoms with Crippen molar-refractivity contribution in [1.82, 2.24) is 15.2 Å². The van der Waals surface area contributed by atoms with E-state index in [4.69, 9.17) is 21.1 Å². The molecule has 1 N–H and O–H groups in total. The molecule has 2 aromatic rings. The average molecular weight is 282 g/mol. The van der Waals surface area contributed by atoms with E-state index in [1.54, 1.807) is 18.3 Å². The third kappa shape index (κ3) is 3.32. The van der Waals surface area contributed by atoms with E-state index in [1.807, 2.05) is 19.9 Å². The van der Waals surface area contributed by atoms with E-state index in [9.17, 15) is 0 Å². The van der Waals surface area contributed by atoms with Crippen LogP contribution in [0.25, 0.3) is 11.4 Å². The molecule has 5 nitrogen and oxygen atoms in total. The molecule has 102 valence electrons. The number of ether oxygens (including phenoxy) is 2. The Morgan fingerprint density at radius 3 is 2.68 bits per heavy atom. The lowest BCUT2D eigenvalue weighted by molar-refractivity contribution is -0.142. The molecule has 0 aliphatic rings. The number of aromatic nitrogens is 3. The molecule has 2 rings (SSSR count). The Bertz CT molecular complexity index is 524. The van der Waals surface area contributed by atoms with E-state index in [2.05, 4.69) is 15.2 Å². The second-order valence-electron chi connectivity index (χ2n) is 3.78. The first-order valence-corrected chi connectivity index (χ1v) is 6.53. The van der Waals surface area contributed by atoms with Crippen molar-refractivity contribution in [1.29, 1.82) is 0 Å². The maximum absolute atomic E-state index is 6.09. The normalized spacial score (nSPS) is 11.2. The summed E-state index contributed by atoms with van der Waals surface area (Å²) >= 11 is 6.09. The molecule has 0 aromatic carbocycles. The van der Waals surface area contributed by atoms with E-state index < -0.39 is 6.29 Å². The van der Waals surface area contributed by atoms with Crippen LogP contribution in [0.5, 0.6) is 0 Å². The van der Waals surface area contributed by atoms with Gasteiger partial charge in [0.05, 0.1) is 10.7 Å². The van der Waals surface area contributed by atoms with Crippen LogP contribution >= 0.6 is 11.6 Å². The molecule has 0 unspecified atom stereocenters. The summed E-state index contributed by atoms with van der Waals surface area (Å²) in [5.41, 5.74) is 2.06. The van der Waals surface area contributed by atoms with Crippen LogP contribution in [0.4, 0.5) is 0 Å². The van der Waals surface area contributed by atoms with E-state index in [1.165, 1.54) is 0 Å². The number of aromatic amines is 1. The molecule has 0 spiro atoms. The first-order chi connectivity index (χ1) is 9.26. The van der Waals surface area contributed by atoms with Gasteiger partial charge in [-0.1, -0.05) is 11.6 Å². The van der Waals surface area contributed by atoms with E-state index in [0.717, 1.165) is 5.69 Å². The van der Waals surface area contributed by atoms with Gasteiger partial charge in [-0.2, -0.15) is 5.10 Å². The fraction of sp³-hybridized carbons (Fsp3) is 0.385. The van der Waals surface area contributed by atoms with Crippen molar-refractivity contribution in [3.8, 4) is 11.4 Å². The highest BCUT2D eigenvalue weighted by molar-refractivity contribution is 6.32. The van der Waals surface area contributed by atoms with Gasteiger partial charge < -0.3 is 9.47 Å². The highest BCUT2D eigenvalue weighted by Crippen LogP contribution is 2.26. The molecule has 2 heterocycles. The molecular weight excluding hydrogens is 266 g/mol. The van der Waals surface area contributed by atoms with Crippen LogP contribution in [0.3, 0.4) is 0 Å². The fourth-order valence-corrected chi connectivity index (χ4v) is 1.90. The summed E-state index contributed by atoms with van der Waals surface area (Å²) in [5.74, 6) is 0. The fourth-order valence-electron chi connectivity index (χ4n) is 1.68. The smallest absolute Gasteiger partial charge is 0.200 e. The lowest BCUT2D eigenvalue weighted by Crippen LogP contribution is -2.09. The number of rotatable bonds is 6. The summed E-state index contributed by atoms with van der Waals surface area (Å²) in [7, 11) is 0. The number of hydrogen-bond acceptors (Lipinski definition) is 4. The molecule has 0 radical (unpaired) electrons. The Labute approximate surface area is 116 Å².